The molecule has 0 aromatic heterocycles. The van der Waals surface area contributed by atoms with Crippen LogP contribution >= 0.6 is 0 Å². The molecule has 3 N–H and O–H groups in total. The number of aryl methyl sites for hydroxylation is 1. The third-order valence-corrected chi connectivity index (χ3v) is 1.64. The number of benzene rings is 1. The van der Waals surface area contributed by atoms with Gasteiger partial charge in [-0.15, -0.1) is 6.54 Å². The second-order valence-corrected chi connectivity index (χ2v) is 2.58. The molecule has 0 bridgehead atoms. The first kappa shape index (κ1) is 15.6. The quantitative estimate of drug-likeness (QED) is 0.779. The molecule has 0 unspecified atom stereocenters. The Balaban J connectivity index is 0. The van der Waals surface area contributed by atoms with E-state index in [-0.39, 0.29) is 44.7 Å². The summed E-state index contributed by atoms with van der Waals surface area (Å²) in [6.45, 7) is 2.11. The van der Waals surface area contributed by atoms with Gasteiger partial charge >= 0.3 is 0 Å². The maximum absolute atomic E-state index is 12.7. The van der Waals surface area contributed by atoms with Gasteiger partial charge in [-0.2, -0.15) is 0 Å². The van der Waals surface area contributed by atoms with Gasteiger partial charge in [0, 0.05) is 32.7 Å². The van der Waals surface area contributed by atoms with Crippen molar-refractivity contribution in [1.82, 2.24) is 0 Å². The molecule has 1 rings (SSSR count). The van der Waals surface area contributed by atoms with Crippen LogP contribution in [0.4, 0.5) is 4.39 Å². The molecule has 71 valence electrons. The van der Waals surface area contributed by atoms with E-state index >= 15 is 0 Å². The molecule has 1 aromatic rings. The Kier molecular flexibility index (Phi) is 9.10. The average Bonchev–Trinajstić information content (AvgIpc) is 1.98. The fourth-order valence-corrected chi connectivity index (χ4v) is 1.01. The minimum absolute atomic E-state index is 0. The number of hydrogen-bond acceptors (Lipinski definition) is 0. The Morgan fingerprint density at radius 2 is 2.00 bits per heavy atom. The SMILES string of the molecule is Cc1cc(CC[NH-])ccc1F.[NH2-].[Y]. The predicted molar refractivity (Wildman–Crippen MR) is 49.3 cm³/mol. The van der Waals surface area contributed by atoms with Crippen molar-refractivity contribution in [3.8, 4) is 0 Å². The Bertz CT molecular complexity index is 253. The van der Waals surface area contributed by atoms with Crippen molar-refractivity contribution in [2.24, 2.45) is 0 Å². The van der Waals surface area contributed by atoms with E-state index in [0.717, 1.165) is 5.56 Å². The van der Waals surface area contributed by atoms with Crippen molar-refractivity contribution in [1.29, 1.82) is 0 Å². The molecule has 0 saturated heterocycles. The molecule has 0 atom stereocenters. The molecule has 0 aliphatic heterocycles. The fraction of sp³-hybridized carbons (Fsp3) is 0.333. The molecule has 1 radical (unpaired) electrons. The summed E-state index contributed by atoms with van der Waals surface area (Å²) in [4.78, 5) is 0. The summed E-state index contributed by atoms with van der Waals surface area (Å²) >= 11 is 0. The molecular weight excluding hydrogens is 244 g/mol. The zero-order valence-electron chi connectivity index (χ0n) is 7.68. The van der Waals surface area contributed by atoms with E-state index in [1.165, 1.54) is 6.07 Å². The Labute approximate surface area is 104 Å². The molecule has 13 heavy (non-hydrogen) atoms. The van der Waals surface area contributed by atoms with Crippen LogP contribution in [-0.2, 0) is 39.1 Å². The number of rotatable bonds is 2. The normalized spacial score (nSPS) is 8.54. The summed E-state index contributed by atoms with van der Waals surface area (Å²) in [6, 6.07) is 4.99. The van der Waals surface area contributed by atoms with E-state index in [4.69, 9.17) is 5.73 Å². The second kappa shape index (κ2) is 7.57. The van der Waals surface area contributed by atoms with E-state index < -0.39 is 0 Å². The van der Waals surface area contributed by atoms with E-state index in [1.807, 2.05) is 0 Å². The van der Waals surface area contributed by atoms with Gasteiger partial charge < -0.3 is 11.9 Å². The topological polar surface area (TPSA) is 57.3 Å². The molecule has 2 nitrogen and oxygen atoms in total. The maximum Gasteiger partial charge on any atom is 0.126 e. The van der Waals surface area contributed by atoms with E-state index in [9.17, 15) is 4.39 Å². The third kappa shape index (κ3) is 4.82. The average molecular weight is 257 g/mol. The van der Waals surface area contributed by atoms with Crippen LogP contribution < -0.4 is 0 Å². The van der Waals surface area contributed by atoms with Crippen LogP contribution in [-0.4, -0.2) is 6.54 Å². The summed E-state index contributed by atoms with van der Waals surface area (Å²) in [5.41, 5.74) is 8.67. The first-order valence-corrected chi connectivity index (χ1v) is 3.63. The first-order valence-electron chi connectivity index (χ1n) is 3.63. The largest absolute Gasteiger partial charge is 0.693 e. The van der Waals surface area contributed by atoms with Crippen LogP contribution in [0, 0.1) is 12.7 Å². The summed E-state index contributed by atoms with van der Waals surface area (Å²) in [6.07, 6.45) is 0.709. The van der Waals surface area contributed by atoms with Gasteiger partial charge in [-0.1, -0.05) is 12.1 Å². The molecular formula is C9H13FN2Y-2. The standard InChI is InChI=1S/C9H11FN.H2N.Y/c1-7-6-8(4-5-11)2-3-9(7)10;;/h2-3,6,11H,4-5H2,1H3;1H2;/q2*-1;. The number of nitrogens with two attached hydrogens (primary N) is 1. The van der Waals surface area contributed by atoms with Crippen molar-refractivity contribution in [3.63, 3.8) is 0 Å². The minimum atomic E-state index is -0.168. The number of hydrogen-bond donors (Lipinski definition) is 0. The Hall–Kier alpha value is 0.174. The zero-order chi connectivity index (χ0) is 8.27. The molecule has 1 aromatic carbocycles. The van der Waals surface area contributed by atoms with Gasteiger partial charge in [0.2, 0.25) is 0 Å². The number of nitrogens with one attached hydrogen (secondary N) is 1. The van der Waals surface area contributed by atoms with E-state index in [2.05, 4.69) is 0 Å². The molecule has 0 aliphatic carbocycles. The molecule has 0 saturated carbocycles. The fourth-order valence-electron chi connectivity index (χ4n) is 1.01. The van der Waals surface area contributed by atoms with E-state index in [0.29, 0.717) is 18.5 Å². The van der Waals surface area contributed by atoms with Crippen LogP contribution in [0.2, 0.25) is 0 Å². The van der Waals surface area contributed by atoms with Gasteiger partial charge in [-0.05, 0) is 30.5 Å². The molecule has 0 aliphatic rings. The maximum atomic E-state index is 12.7. The van der Waals surface area contributed by atoms with Crippen molar-refractivity contribution in [2.45, 2.75) is 13.3 Å². The monoisotopic (exact) mass is 257 g/mol. The summed E-state index contributed by atoms with van der Waals surface area (Å²) in [7, 11) is 0. The van der Waals surface area contributed by atoms with Gasteiger partial charge in [0.05, 0.1) is 0 Å². The van der Waals surface area contributed by atoms with Gasteiger partial charge in [-0.3, -0.25) is 0 Å². The Morgan fingerprint density at radius 1 is 1.38 bits per heavy atom. The Morgan fingerprint density at radius 3 is 2.46 bits per heavy atom. The van der Waals surface area contributed by atoms with Crippen LogP contribution in [0.25, 0.3) is 11.9 Å². The van der Waals surface area contributed by atoms with Crippen LogP contribution in [0.15, 0.2) is 18.2 Å². The molecule has 4 heteroatoms. The van der Waals surface area contributed by atoms with Crippen molar-refractivity contribution in [3.05, 3.63) is 47.0 Å². The third-order valence-electron chi connectivity index (χ3n) is 1.64. The van der Waals surface area contributed by atoms with Crippen LogP contribution in [0.3, 0.4) is 0 Å². The van der Waals surface area contributed by atoms with Crippen LogP contribution in [0.5, 0.6) is 0 Å². The summed E-state index contributed by atoms with van der Waals surface area (Å²) in [5.74, 6) is -0.168. The molecule has 0 heterocycles. The van der Waals surface area contributed by atoms with Crippen molar-refractivity contribution >= 4 is 0 Å². The van der Waals surface area contributed by atoms with Gasteiger partial charge in [0.1, 0.15) is 5.82 Å². The molecule has 0 fully saturated rings. The number of halogens is 1. The van der Waals surface area contributed by atoms with Crippen molar-refractivity contribution in [2.75, 3.05) is 6.54 Å². The summed E-state index contributed by atoms with van der Waals surface area (Å²) in [5, 5.41) is 0. The van der Waals surface area contributed by atoms with Crippen LogP contribution in [0.1, 0.15) is 11.1 Å². The predicted octanol–water partition coefficient (Wildman–Crippen LogP) is 3.44. The van der Waals surface area contributed by atoms with Gasteiger partial charge in [0.15, 0.2) is 0 Å². The van der Waals surface area contributed by atoms with E-state index in [1.54, 1.807) is 19.1 Å². The van der Waals surface area contributed by atoms with Gasteiger partial charge in [0.25, 0.3) is 0 Å². The molecule has 0 amide bonds. The minimum Gasteiger partial charge on any atom is -0.693 e. The zero-order valence-corrected chi connectivity index (χ0v) is 10.5. The van der Waals surface area contributed by atoms with Crippen molar-refractivity contribution < 1.29 is 37.1 Å². The van der Waals surface area contributed by atoms with Gasteiger partial charge in [-0.25, -0.2) is 4.39 Å². The summed E-state index contributed by atoms with van der Waals surface area (Å²) < 4.78 is 12.7. The molecule has 0 spiro atoms. The second-order valence-electron chi connectivity index (χ2n) is 2.58. The first-order chi connectivity index (χ1) is 5.24. The smallest absolute Gasteiger partial charge is 0.126 e.